The van der Waals surface area contributed by atoms with E-state index in [2.05, 4.69) is 10.2 Å². The lowest BCUT2D eigenvalue weighted by Crippen LogP contribution is -2.33. The van der Waals surface area contributed by atoms with E-state index in [0.29, 0.717) is 6.42 Å². The summed E-state index contributed by atoms with van der Waals surface area (Å²) in [7, 11) is 0. The van der Waals surface area contributed by atoms with Crippen LogP contribution >= 0.6 is 0 Å². The van der Waals surface area contributed by atoms with E-state index >= 15 is 0 Å². The zero-order valence-corrected chi connectivity index (χ0v) is 7.94. The van der Waals surface area contributed by atoms with Crippen molar-refractivity contribution in [3.63, 3.8) is 0 Å². The first-order valence-corrected chi connectivity index (χ1v) is 4.17. The molecule has 0 N–H and O–H groups in total. The third-order valence-electron chi connectivity index (χ3n) is 2.02. The number of hydrogen-bond donors (Lipinski definition) is 0. The molecule has 1 aliphatic rings. The van der Waals surface area contributed by atoms with Gasteiger partial charge in [0.2, 0.25) is 0 Å². The molecule has 2 nitrogen and oxygen atoms in total. The molecule has 0 amide bonds. The van der Waals surface area contributed by atoms with Gasteiger partial charge in [0, 0.05) is 6.42 Å². The molecule has 0 saturated carbocycles. The molecule has 13 heavy (non-hydrogen) atoms. The van der Waals surface area contributed by atoms with Crippen LogP contribution in [0.15, 0.2) is 10.2 Å². The van der Waals surface area contributed by atoms with E-state index in [-0.39, 0.29) is 11.8 Å². The van der Waals surface area contributed by atoms with E-state index in [1.807, 2.05) is 20.8 Å². The molecule has 0 aliphatic carbocycles. The standard InChI is InChI=1S/C8H13F3N2/c1-6(2,3)4-5-7(12-13-7)8(9,10)11/h4-5H2,1-3H3. The lowest BCUT2D eigenvalue weighted by molar-refractivity contribution is -0.166. The summed E-state index contributed by atoms with van der Waals surface area (Å²) in [5, 5.41) is 6.22. The Balaban J connectivity index is 2.46. The van der Waals surface area contributed by atoms with E-state index in [9.17, 15) is 13.2 Å². The largest absolute Gasteiger partial charge is 0.437 e. The van der Waals surface area contributed by atoms with E-state index < -0.39 is 11.8 Å². The minimum Gasteiger partial charge on any atom is -0.166 e. The highest BCUT2D eigenvalue weighted by Crippen LogP contribution is 2.48. The van der Waals surface area contributed by atoms with E-state index in [0.717, 1.165) is 0 Å². The predicted octanol–water partition coefficient (Wildman–Crippen LogP) is 3.54. The molecule has 0 aromatic rings. The van der Waals surface area contributed by atoms with Crippen molar-refractivity contribution in [3.8, 4) is 0 Å². The van der Waals surface area contributed by atoms with Crippen molar-refractivity contribution < 1.29 is 13.2 Å². The Kier molecular flexibility index (Phi) is 2.16. The fraction of sp³-hybridized carbons (Fsp3) is 1.00. The smallest absolute Gasteiger partial charge is 0.166 e. The lowest BCUT2D eigenvalue weighted by Gasteiger charge is -2.21. The monoisotopic (exact) mass is 194 g/mol. The van der Waals surface area contributed by atoms with Crippen molar-refractivity contribution in [1.29, 1.82) is 0 Å². The molecule has 1 aliphatic heterocycles. The second kappa shape index (κ2) is 2.69. The molecule has 5 heteroatoms. The van der Waals surface area contributed by atoms with Crippen LogP contribution in [0.1, 0.15) is 33.6 Å². The van der Waals surface area contributed by atoms with Crippen molar-refractivity contribution in [2.45, 2.75) is 45.5 Å². The van der Waals surface area contributed by atoms with Crippen molar-refractivity contribution in [2.24, 2.45) is 15.6 Å². The Hall–Kier alpha value is -0.610. The van der Waals surface area contributed by atoms with E-state index in [1.54, 1.807) is 0 Å². The number of halogens is 3. The highest BCUT2D eigenvalue weighted by molar-refractivity contribution is 5.00. The maximum atomic E-state index is 12.3. The van der Waals surface area contributed by atoms with Gasteiger partial charge in [-0.2, -0.15) is 13.2 Å². The summed E-state index contributed by atoms with van der Waals surface area (Å²) < 4.78 is 36.9. The number of hydrogen-bond acceptors (Lipinski definition) is 2. The molecule has 76 valence electrons. The number of rotatable bonds is 2. The molecule has 0 unspecified atom stereocenters. The molecule has 0 spiro atoms. The Bertz CT molecular complexity index is 219. The van der Waals surface area contributed by atoms with Gasteiger partial charge in [-0.25, -0.2) is 0 Å². The SMILES string of the molecule is CC(C)(C)CCC1(C(F)(F)F)N=N1. The Morgan fingerprint density at radius 1 is 1.08 bits per heavy atom. The predicted molar refractivity (Wildman–Crippen MR) is 42.3 cm³/mol. The quantitative estimate of drug-likeness (QED) is 0.642. The van der Waals surface area contributed by atoms with Crippen molar-refractivity contribution in [1.82, 2.24) is 0 Å². The molecule has 0 bridgehead atoms. The summed E-state index contributed by atoms with van der Waals surface area (Å²) in [5.74, 6) is 0. The van der Waals surface area contributed by atoms with Gasteiger partial charge >= 0.3 is 6.18 Å². The lowest BCUT2D eigenvalue weighted by atomic mass is 9.87. The Morgan fingerprint density at radius 3 is 1.77 bits per heavy atom. The molecule has 0 atom stereocenters. The van der Waals surface area contributed by atoms with Crippen molar-refractivity contribution in [2.75, 3.05) is 0 Å². The third-order valence-corrected chi connectivity index (χ3v) is 2.02. The van der Waals surface area contributed by atoms with Gasteiger partial charge in [-0.3, -0.25) is 0 Å². The maximum Gasteiger partial charge on any atom is 0.437 e. The summed E-state index contributed by atoms with van der Waals surface area (Å²) in [6.07, 6.45) is -3.86. The van der Waals surface area contributed by atoms with Gasteiger partial charge in [0.25, 0.3) is 5.66 Å². The zero-order valence-electron chi connectivity index (χ0n) is 7.94. The first kappa shape index (κ1) is 10.5. The average Bonchev–Trinajstić information content (AvgIpc) is 2.58. The maximum absolute atomic E-state index is 12.3. The van der Waals surface area contributed by atoms with E-state index in [1.165, 1.54) is 0 Å². The molecule has 0 aromatic carbocycles. The van der Waals surface area contributed by atoms with Gasteiger partial charge in [-0.1, -0.05) is 20.8 Å². The first-order chi connectivity index (χ1) is 5.66. The summed E-state index contributed by atoms with van der Waals surface area (Å²) in [5.41, 5.74) is -2.16. The van der Waals surface area contributed by atoms with Gasteiger partial charge in [0.15, 0.2) is 0 Å². The molecule has 1 heterocycles. The van der Waals surface area contributed by atoms with Crippen LogP contribution in [0, 0.1) is 5.41 Å². The van der Waals surface area contributed by atoms with E-state index in [4.69, 9.17) is 0 Å². The molecule has 0 aromatic heterocycles. The Morgan fingerprint density at radius 2 is 1.54 bits per heavy atom. The topological polar surface area (TPSA) is 24.7 Å². The second-order valence-electron chi connectivity index (χ2n) is 4.58. The van der Waals surface area contributed by atoms with Crippen LogP contribution in [0.5, 0.6) is 0 Å². The van der Waals surface area contributed by atoms with Crippen LogP contribution in [0.2, 0.25) is 0 Å². The summed E-state index contributed by atoms with van der Waals surface area (Å²) in [4.78, 5) is 0. The molecule has 1 rings (SSSR count). The molecule has 0 radical (unpaired) electrons. The first-order valence-electron chi connectivity index (χ1n) is 4.17. The summed E-state index contributed by atoms with van der Waals surface area (Å²) in [6, 6.07) is 0. The van der Waals surface area contributed by atoms with Gasteiger partial charge < -0.3 is 0 Å². The molecule has 0 fully saturated rings. The summed E-state index contributed by atoms with van der Waals surface area (Å²) >= 11 is 0. The third kappa shape index (κ3) is 2.42. The molecular formula is C8H13F3N2. The van der Waals surface area contributed by atoms with Crippen molar-refractivity contribution in [3.05, 3.63) is 0 Å². The molecule has 0 saturated heterocycles. The van der Waals surface area contributed by atoms with Crippen molar-refractivity contribution >= 4 is 0 Å². The fourth-order valence-electron chi connectivity index (χ4n) is 0.965. The van der Waals surface area contributed by atoms with Gasteiger partial charge in [-0.15, -0.1) is 10.2 Å². The van der Waals surface area contributed by atoms with Crippen LogP contribution in [0.25, 0.3) is 0 Å². The normalized spacial score (nSPS) is 20.5. The minimum atomic E-state index is -4.31. The zero-order chi connectivity index (χ0) is 10.3. The van der Waals surface area contributed by atoms with Gasteiger partial charge in [0.05, 0.1) is 0 Å². The van der Waals surface area contributed by atoms with Crippen LogP contribution in [0.4, 0.5) is 13.2 Å². The minimum absolute atomic E-state index is 0.0278. The number of alkyl halides is 3. The van der Waals surface area contributed by atoms with Crippen LogP contribution in [0.3, 0.4) is 0 Å². The highest BCUT2D eigenvalue weighted by Gasteiger charge is 2.63. The number of nitrogens with zero attached hydrogens (tertiary/aromatic N) is 2. The second-order valence-corrected chi connectivity index (χ2v) is 4.58. The summed E-state index contributed by atoms with van der Waals surface area (Å²) in [6.45, 7) is 5.71. The Labute approximate surface area is 75.2 Å². The fourth-order valence-corrected chi connectivity index (χ4v) is 0.965. The van der Waals surface area contributed by atoms with Crippen LogP contribution in [-0.4, -0.2) is 11.8 Å². The van der Waals surface area contributed by atoms with Gasteiger partial charge in [-0.05, 0) is 11.8 Å². The average molecular weight is 194 g/mol. The molecular weight excluding hydrogens is 181 g/mol. The van der Waals surface area contributed by atoms with Crippen LogP contribution < -0.4 is 0 Å². The van der Waals surface area contributed by atoms with Crippen LogP contribution in [-0.2, 0) is 0 Å². The highest BCUT2D eigenvalue weighted by atomic mass is 19.4. The van der Waals surface area contributed by atoms with Gasteiger partial charge in [0.1, 0.15) is 0 Å².